The Balaban J connectivity index is 1.92. The lowest BCUT2D eigenvalue weighted by Crippen LogP contribution is -2.05. The van der Waals surface area contributed by atoms with Gasteiger partial charge in [-0.2, -0.15) is 0 Å². The summed E-state index contributed by atoms with van der Waals surface area (Å²) in [6, 6.07) is 23.9. The largest absolute Gasteiger partial charge is 0.341 e. The zero-order valence-electron chi connectivity index (χ0n) is 14.2. The summed E-state index contributed by atoms with van der Waals surface area (Å²) in [7, 11) is -3.68. The van der Waals surface area contributed by atoms with Crippen LogP contribution in [0.2, 0.25) is 0 Å². The van der Waals surface area contributed by atoms with Crippen LogP contribution in [0.5, 0.6) is 0 Å². The number of rotatable bonds is 4. The van der Waals surface area contributed by atoms with Gasteiger partial charge in [0.25, 0.3) is 0 Å². The van der Waals surface area contributed by atoms with Crippen molar-refractivity contribution in [2.75, 3.05) is 5.32 Å². The number of hydrogen-bond donors (Lipinski definition) is 2. The Morgan fingerprint density at radius 3 is 2.19 bits per heavy atom. The summed E-state index contributed by atoms with van der Waals surface area (Å²) in [5, 5.41) is 3.89. The molecular weight excluding hydrogens is 344 g/mol. The minimum atomic E-state index is -3.68. The minimum absolute atomic E-state index is 0.265. The van der Waals surface area contributed by atoms with Gasteiger partial charge in [0, 0.05) is 16.6 Å². The van der Waals surface area contributed by atoms with Gasteiger partial charge in [0.2, 0.25) is 9.84 Å². The first-order chi connectivity index (χ1) is 12.6. The molecule has 1 heterocycles. The molecule has 0 radical (unpaired) electrons. The average molecular weight is 362 g/mol. The topological polar surface area (TPSA) is 62.0 Å². The number of nitrogens with one attached hydrogen (secondary N) is 2. The number of aromatic nitrogens is 1. The number of aromatic amines is 1. The fourth-order valence-electron chi connectivity index (χ4n) is 2.98. The second-order valence-electron chi connectivity index (χ2n) is 6.18. The van der Waals surface area contributed by atoms with E-state index in [1.165, 1.54) is 0 Å². The molecule has 4 rings (SSSR count). The van der Waals surface area contributed by atoms with Gasteiger partial charge in [-0.05, 0) is 37.3 Å². The summed E-state index contributed by atoms with van der Waals surface area (Å²) in [6.07, 6.45) is 0. The average Bonchev–Trinajstić information content (AvgIpc) is 3.01. The van der Waals surface area contributed by atoms with Crippen molar-refractivity contribution in [2.45, 2.75) is 16.7 Å². The summed E-state index contributed by atoms with van der Waals surface area (Å²) >= 11 is 0. The molecular formula is C21H18N2O2S. The van der Waals surface area contributed by atoms with Gasteiger partial charge in [-0.1, -0.05) is 54.1 Å². The third-order valence-electron chi connectivity index (χ3n) is 4.30. The Morgan fingerprint density at radius 2 is 1.46 bits per heavy atom. The van der Waals surface area contributed by atoms with E-state index in [0.29, 0.717) is 11.2 Å². The van der Waals surface area contributed by atoms with Crippen molar-refractivity contribution in [3.63, 3.8) is 0 Å². The van der Waals surface area contributed by atoms with Crippen LogP contribution in [0.3, 0.4) is 0 Å². The third kappa shape index (κ3) is 2.86. The van der Waals surface area contributed by atoms with Crippen molar-refractivity contribution in [1.82, 2.24) is 4.98 Å². The first-order valence-corrected chi connectivity index (χ1v) is 9.78. The Kier molecular flexibility index (Phi) is 4.01. The van der Waals surface area contributed by atoms with Crippen molar-refractivity contribution < 1.29 is 8.42 Å². The molecule has 0 aliphatic carbocycles. The molecule has 0 atom stereocenters. The van der Waals surface area contributed by atoms with Crippen molar-refractivity contribution >= 4 is 32.2 Å². The predicted molar refractivity (Wildman–Crippen MR) is 105 cm³/mol. The standard InChI is InChI=1S/C21H18N2O2S/c1-15-11-13-17(14-12-15)26(24,25)20-18-9-5-6-10-19(18)23-21(20)22-16-7-3-2-4-8-16/h2-14,22-23H,1H3. The predicted octanol–water partition coefficient (Wildman–Crippen LogP) is 5.05. The second-order valence-corrected chi connectivity index (χ2v) is 8.07. The van der Waals surface area contributed by atoms with Crippen LogP contribution in [0, 0.1) is 6.92 Å². The quantitative estimate of drug-likeness (QED) is 0.534. The van der Waals surface area contributed by atoms with Gasteiger partial charge >= 0.3 is 0 Å². The Bertz CT molecular complexity index is 1160. The van der Waals surface area contributed by atoms with Crippen LogP contribution in [0.25, 0.3) is 10.9 Å². The van der Waals surface area contributed by atoms with Crippen molar-refractivity contribution in [3.05, 3.63) is 84.4 Å². The van der Waals surface area contributed by atoms with E-state index in [1.807, 2.05) is 73.7 Å². The molecule has 0 fully saturated rings. The summed E-state index contributed by atoms with van der Waals surface area (Å²) in [6.45, 7) is 1.93. The van der Waals surface area contributed by atoms with Crippen LogP contribution in [0.1, 0.15) is 5.56 Å². The van der Waals surface area contributed by atoms with E-state index in [1.54, 1.807) is 12.1 Å². The molecule has 1 aromatic heterocycles. The Labute approximate surface area is 152 Å². The van der Waals surface area contributed by atoms with Crippen LogP contribution in [0.15, 0.2) is 88.7 Å². The molecule has 130 valence electrons. The minimum Gasteiger partial charge on any atom is -0.341 e. The smallest absolute Gasteiger partial charge is 0.210 e. The number of benzene rings is 3. The van der Waals surface area contributed by atoms with E-state index in [2.05, 4.69) is 10.3 Å². The molecule has 26 heavy (non-hydrogen) atoms. The number of aryl methyl sites for hydroxylation is 1. The van der Waals surface area contributed by atoms with Crippen LogP contribution < -0.4 is 5.32 Å². The fraction of sp³-hybridized carbons (Fsp3) is 0.0476. The number of fused-ring (bicyclic) bond motifs is 1. The maximum Gasteiger partial charge on any atom is 0.210 e. The monoisotopic (exact) mass is 362 g/mol. The summed E-state index contributed by atoms with van der Waals surface area (Å²) in [5.74, 6) is 0.470. The number of sulfone groups is 1. The van der Waals surface area contributed by atoms with E-state index in [4.69, 9.17) is 0 Å². The number of anilines is 2. The SMILES string of the molecule is Cc1ccc(S(=O)(=O)c2c(Nc3ccccc3)[nH]c3ccccc23)cc1. The fourth-order valence-corrected chi connectivity index (χ4v) is 4.55. The maximum absolute atomic E-state index is 13.4. The molecule has 4 nitrogen and oxygen atoms in total. The molecule has 0 aliphatic rings. The summed E-state index contributed by atoms with van der Waals surface area (Å²) < 4.78 is 26.7. The van der Waals surface area contributed by atoms with Crippen LogP contribution >= 0.6 is 0 Å². The maximum atomic E-state index is 13.4. The van der Waals surface area contributed by atoms with Gasteiger partial charge < -0.3 is 10.3 Å². The van der Waals surface area contributed by atoms with Crippen LogP contribution in [-0.4, -0.2) is 13.4 Å². The molecule has 5 heteroatoms. The molecule has 0 saturated carbocycles. The van der Waals surface area contributed by atoms with E-state index >= 15 is 0 Å². The Morgan fingerprint density at radius 1 is 0.808 bits per heavy atom. The molecule has 0 bridgehead atoms. The first kappa shape index (κ1) is 16.4. The lowest BCUT2D eigenvalue weighted by atomic mass is 10.2. The van der Waals surface area contributed by atoms with Crippen molar-refractivity contribution in [3.8, 4) is 0 Å². The van der Waals surface area contributed by atoms with Gasteiger partial charge in [0.05, 0.1) is 4.90 Å². The highest BCUT2D eigenvalue weighted by Gasteiger charge is 2.26. The summed E-state index contributed by atoms with van der Waals surface area (Å²) in [5.41, 5.74) is 2.61. The molecule has 3 aromatic carbocycles. The molecule has 0 spiro atoms. The molecule has 0 amide bonds. The highest BCUT2D eigenvalue weighted by molar-refractivity contribution is 7.92. The highest BCUT2D eigenvalue weighted by Crippen LogP contribution is 2.36. The van der Waals surface area contributed by atoms with E-state index in [0.717, 1.165) is 16.8 Å². The van der Waals surface area contributed by atoms with Gasteiger partial charge in [0.15, 0.2) is 0 Å². The van der Waals surface area contributed by atoms with Crippen LogP contribution in [-0.2, 0) is 9.84 Å². The van der Waals surface area contributed by atoms with E-state index < -0.39 is 9.84 Å². The van der Waals surface area contributed by atoms with E-state index in [-0.39, 0.29) is 9.79 Å². The lowest BCUT2D eigenvalue weighted by molar-refractivity contribution is 0.597. The van der Waals surface area contributed by atoms with Gasteiger partial charge in [0.1, 0.15) is 10.7 Å². The normalized spacial score (nSPS) is 11.6. The molecule has 0 aliphatic heterocycles. The van der Waals surface area contributed by atoms with Crippen molar-refractivity contribution in [1.29, 1.82) is 0 Å². The van der Waals surface area contributed by atoms with Gasteiger partial charge in [-0.25, -0.2) is 8.42 Å². The second kappa shape index (κ2) is 6.35. The third-order valence-corrected chi connectivity index (χ3v) is 6.16. The van der Waals surface area contributed by atoms with Crippen molar-refractivity contribution in [2.24, 2.45) is 0 Å². The number of hydrogen-bond acceptors (Lipinski definition) is 3. The first-order valence-electron chi connectivity index (χ1n) is 8.30. The van der Waals surface area contributed by atoms with Gasteiger partial charge in [-0.15, -0.1) is 0 Å². The van der Waals surface area contributed by atoms with Gasteiger partial charge in [-0.3, -0.25) is 0 Å². The number of para-hydroxylation sites is 2. The van der Waals surface area contributed by atoms with Crippen LogP contribution in [0.4, 0.5) is 11.5 Å². The van der Waals surface area contributed by atoms with E-state index in [9.17, 15) is 8.42 Å². The summed E-state index contributed by atoms with van der Waals surface area (Å²) in [4.78, 5) is 3.76. The highest BCUT2D eigenvalue weighted by atomic mass is 32.2. The number of H-pyrrole nitrogens is 1. The zero-order valence-corrected chi connectivity index (χ0v) is 15.0. The Hall–Kier alpha value is -3.05. The molecule has 0 unspecified atom stereocenters. The molecule has 0 saturated heterocycles. The molecule has 2 N–H and O–H groups in total. The zero-order chi connectivity index (χ0) is 18.1. The molecule has 4 aromatic rings. The lowest BCUT2D eigenvalue weighted by Gasteiger charge is -2.09.